The third kappa shape index (κ3) is 3.26. The number of carbonyl (C=O) groups is 2. The van der Waals surface area contributed by atoms with Gasteiger partial charge in [0, 0.05) is 24.5 Å². The average Bonchev–Trinajstić information content (AvgIpc) is 2.37. The quantitative estimate of drug-likeness (QED) is 0.788. The van der Waals surface area contributed by atoms with Crippen LogP contribution in [0.1, 0.15) is 45.4 Å². The van der Waals surface area contributed by atoms with E-state index in [0.29, 0.717) is 19.4 Å². The van der Waals surface area contributed by atoms with E-state index in [0.717, 1.165) is 25.7 Å². The van der Waals surface area contributed by atoms with Gasteiger partial charge in [0.15, 0.2) is 0 Å². The van der Waals surface area contributed by atoms with Gasteiger partial charge in [-0.25, -0.2) is 0 Å². The predicted octanol–water partition coefficient (Wildman–Crippen LogP) is 1.22. The van der Waals surface area contributed by atoms with Crippen molar-refractivity contribution in [2.45, 2.75) is 57.5 Å². The fourth-order valence-corrected chi connectivity index (χ4v) is 3.41. The molecule has 19 heavy (non-hydrogen) atoms. The van der Waals surface area contributed by atoms with E-state index in [4.69, 9.17) is 10.8 Å². The van der Waals surface area contributed by atoms with Crippen LogP contribution in [0.15, 0.2) is 0 Å². The molecule has 0 spiro atoms. The van der Waals surface area contributed by atoms with Gasteiger partial charge in [-0.3, -0.25) is 9.59 Å². The van der Waals surface area contributed by atoms with E-state index in [1.807, 2.05) is 11.8 Å². The molecule has 108 valence electrons. The van der Waals surface area contributed by atoms with Gasteiger partial charge in [-0.15, -0.1) is 0 Å². The van der Waals surface area contributed by atoms with E-state index >= 15 is 0 Å². The number of aliphatic carboxylic acids is 1. The zero-order valence-corrected chi connectivity index (χ0v) is 11.5. The molecule has 1 amide bonds. The SMILES string of the molecule is CC1CC(C(=O)O)CCN1C(=O)C1CCCC(N)C1. The van der Waals surface area contributed by atoms with Crippen LogP contribution in [0.3, 0.4) is 0 Å². The minimum atomic E-state index is -0.737. The Balaban J connectivity index is 1.94. The summed E-state index contributed by atoms with van der Waals surface area (Å²) >= 11 is 0. The lowest BCUT2D eigenvalue weighted by Crippen LogP contribution is -2.49. The van der Waals surface area contributed by atoms with Crippen molar-refractivity contribution in [2.24, 2.45) is 17.6 Å². The van der Waals surface area contributed by atoms with Gasteiger partial charge in [-0.05, 0) is 39.0 Å². The lowest BCUT2D eigenvalue weighted by Gasteiger charge is -2.39. The van der Waals surface area contributed by atoms with Crippen molar-refractivity contribution in [3.8, 4) is 0 Å². The highest BCUT2D eigenvalue weighted by molar-refractivity contribution is 5.80. The molecule has 5 heteroatoms. The summed E-state index contributed by atoms with van der Waals surface area (Å²) in [6.07, 6.45) is 4.89. The molecule has 1 aliphatic heterocycles. The maximum atomic E-state index is 12.5. The number of piperidine rings is 1. The van der Waals surface area contributed by atoms with Gasteiger partial charge in [-0.1, -0.05) is 6.42 Å². The molecule has 2 aliphatic rings. The van der Waals surface area contributed by atoms with Crippen molar-refractivity contribution in [3.05, 3.63) is 0 Å². The van der Waals surface area contributed by atoms with Gasteiger partial charge in [0.2, 0.25) is 5.91 Å². The summed E-state index contributed by atoms with van der Waals surface area (Å²) in [6.45, 7) is 2.53. The van der Waals surface area contributed by atoms with Crippen LogP contribution in [0.2, 0.25) is 0 Å². The maximum absolute atomic E-state index is 12.5. The van der Waals surface area contributed by atoms with Crippen LogP contribution in [-0.2, 0) is 9.59 Å². The molecule has 5 nitrogen and oxygen atoms in total. The molecule has 0 bridgehead atoms. The Morgan fingerprint density at radius 2 is 1.89 bits per heavy atom. The standard InChI is InChI=1S/C14H24N2O3/c1-9-7-11(14(18)19)5-6-16(9)13(17)10-3-2-4-12(15)8-10/h9-12H,2-8,15H2,1H3,(H,18,19). The number of amides is 1. The molecule has 0 aromatic heterocycles. The first-order valence-electron chi connectivity index (χ1n) is 7.28. The molecule has 1 aliphatic carbocycles. The molecule has 1 saturated carbocycles. The molecule has 0 aromatic carbocycles. The molecule has 3 N–H and O–H groups in total. The Kier molecular flexibility index (Phi) is 4.45. The number of hydrogen-bond donors (Lipinski definition) is 2. The van der Waals surface area contributed by atoms with E-state index in [9.17, 15) is 9.59 Å². The number of rotatable bonds is 2. The second kappa shape index (κ2) is 5.90. The number of carboxylic acids is 1. The van der Waals surface area contributed by atoms with Crippen LogP contribution in [0, 0.1) is 11.8 Å². The van der Waals surface area contributed by atoms with Gasteiger partial charge >= 0.3 is 5.97 Å². The summed E-state index contributed by atoms with van der Waals surface area (Å²) in [5, 5.41) is 9.04. The summed E-state index contributed by atoms with van der Waals surface area (Å²) in [5.41, 5.74) is 5.94. The van der Waals surface area contributed by atoms with Gasteiger partial charge in [0.1, 0.15) is 0 Å². The van der Waals surface area contributed by atoms with E-state index < -0.39 is 5.97 Å². The van der Waals surface area contributed by atoms with Crippen molar-refractivity contribution in [2.75, 3.05) is 6.54 Å². The van der Waals surface area contributed by atoms with Crippen LogP contribution in [-0.4, -0.2) is 40.5 Å². The summed E-state index contributed by atoms with van der Waals surface area (Å²) in [4.78, 5) is 25.4. The molecule has 1 heterocycles. The van der Waals surface area contributed by atoms with E-state index in [-0.39, 0.29) is 29.8 Å². The minimum absolute atomic E-state index is 0.0282. The number of nitrogens with two attached hydrogens (primary N) is 1. The largest absolute Gasteiger partial charge is 0.481 e. The van der Waals surface area contributed by atoms with Gasteiger partial charge < -0.3 is 15.7 Å². The third-order valence-electron chi connectivity index (χ3n) is 4.57. The summed E-state index contributed by atoms with van der Waals surface area (Å²) in [5.74, 6) is -0.801. The number of nitrogens with zero attached hydrogens (tertiary/aromatic N) is 1. The van der Waals surface area contributed by atoms with Crippen LogP contribution < -0.4 is 5.73 Å². The minimum Gasteiger partial charge on any atom is -0.481 e. The fraction of sp³-hybridized carbons (Fsp3) is 0.857. The number of carboxylic acid groups (broad SMARTS) is 1. The summed E-state index contributed by atoms with van der Waals surface area (Å²) < 4.78 is 0. The predicted molar refractivity (Wildman–Crippen MR) is 71.5 cm³/mol. The topological polar surface area (TPSA) is 83.6 Å². The maximum Gasteiger partial charge on any atom is 0.306 e. The normalized spacial score (nSPS) is 36.0. The van der Waals surface area contributed by atoms with E-state index in [1.54, 1.807) is 0 Å². The Morgan fingerprint density at radius 3 is 2.47 bits per heavy atom. The van der Waals surface area contributed by atoms with Crippen LogP contribution in [0.25, 0.3) is 0 Å². The second-order valence-corrected chi connectivity index (χ2v) is 6.06. The zero-order chi connectivity index (χ0) is 14.0. The van der Waals surface area contributed by atoms with Crippen LogP contribution in [0.5, 0.6) is 0 Å². The second-order valence-electron chi connectivity index (χ2n) is 6.06. The smallest absolute Gasteiger partial charge is 0.306 e. The fourth-order valence-electron chi connectivity index (χ4n) is 3.41. The highest BCUT2D eigenvalue weighted by Crippen LogP contribution is 2.29. The van der Waals surface area contributed by atoms with E-state index in [1.165, 1.54) is 0 Å². The number of carbonyl (C=O) groups excluding carboxylic acids is 1. The Bertz CT molecular complexity index is 359. The molecular weight excluding hydrogens is 244 g/mol. The average molecular weight is 268 g/mol. The van der Waals surface area contributed by atoms with Gasteiger partial charge in [0.05, 0.1) is 5.92 Å². The van der Waals surface area contributed by atoms with Crippen molar-refractivity contribution in [3.63, 3.8) is 0 Å². The lowest BCUT2D eigenvalue weighted by molar-refractivity contribution is -0.149. The van der Waals surface area contributed by atoms with E-state index in [2.05, 4.69) is 0 Å². The van der Waals surface area contributed by atoms with Gasteiger partial charge in [-0.2, -0.15) is 0 Å². The Morgan fingerprint density at radius 1 is 1.16 bits per heavy atom. The zero-order valence-electron chi connectivity index (χ0n) is 11.5. The molecule has 2 fully saturated rings. The van der Waals surface area contributed by atoms with Crippen molar-refractivity contribution < 1.29 is 14.7 Å². The summed E-state index contributed by atoms with van der Waals surface area (Å²) in [7, 11) is 0. The molecule has 0 radical (unpaired) electrons. The molecule has 2 rings (SSSR count). The molecule has 4 unspecified atom stereocenters. The highest BCUT2D eigenvalue weighted by Gasteiger charge is 2.36. The highest BCUT2D eigenvalue weighted by atomic mass is 16.4. The molecule has 1 saturated heterocycles. The lowest BCUT2D eigenvalue weighted by atomic mass is 9.83. The summed E-state index contributed by atoms with van der Waals surface area (Å²) in [6, 6.07) is 0.176. The number of likely N-dealkylation sites (tertiary alicyclic amines) is 1. The third-order valence-corrected chi connectivity index (χ3v) is 4.57. The van der Waals surface area contributed by atoms with Gasteiger partial charge in [0.25, 0.3) is 0 Å². The molecular formula is C14H24N2O3. The van der Waals surface area contributed by atoms with Crippen LogP contribution in [0.4, 0.5) is 0 Å². The first-order valence-corrected chi connectivity index (χ1v) is 7.28. The van der Waals surface area contributed by atoms with Crippen LogP contribution >= 0.6 is 0 Å². The van der Waals surface area contributed by atoms with Crippen molar-refractivity contribution in [1.29, 1.82) is 0 Å². The number of hydrogen-bond acceptors (Lipinski definition) is 3. The monoisotopic (exact) mass is 268 g/mol. The first-order chi connectivity index (χ1) is 8.99. The van der Waals surface area contributed by atoms with Crippen molar-refractivity contribution >= 4 is 11.9 Å². The first kappa shape index (κ1) is 14.3. The van der Waals surface area contributed by atoms with Crippen molar-refractivity contribution in [1.82, 2.24) is 4.90 Å². The Labute approximate surface area is 114 Å². The molecule has 0 aromatic rings. The molecule has 4 atom stereocenters. The Hall–Kier alpha value is -1.10.